The average Bonchev–Trinajstić information content (AvgIpc) is 2.36. The first kappa shape index (κ1) is 16.8. The van der Waals surface area contributed by atoms with Gasteiger partial charge < -0.3 is 4.90 Å². The second-order valence-electron chi connectivity index (χ2n) is 6.07. The van der Waals surface area contributed by atoms with Crippen molar-refractivity contribution in [1.82, 2.24) is 4.90 Å². The summed E-state index contributed by atoms with van der Waals surface area (Å²) in [6, 6.07) is 4.25. The molecule has 4 nitrogen and oxygen atoms in total. The topological polar surface area (TPSA) is 54.5 Å². The van der Waals surface area contributed by atoms with Crippen LogP contribution in [0.2, 0.25) is 0 Å². The number of piperidine rings is 1. The minimum atomic E-state index is -3.85. The Hall–Kier alpha value is -0.590. The third-order valence-electron chi connectivity index (χ3n) is 3.64. The molecule has 2 rings (SSSR count). The van der Waals surface area contributed by atoms with E-state index in [1.807, 2.05) is 0 Å². The van der Waals surface area contributed by atoms with E-state index < -0.39 is 9.05 Å². The molecular formula is C14H17BrClNO3S. The van der Waals surface area contributed by atoms with Gasteiger partial charge in [0, 0.05) is 28.2 Å². The van der Waals surface area contributed by atoms with E-state index in [1.165, 1.54) is 18.2 Å². The SMILES string of the molecule is CC1(C)CCCN(C(=O)c2cc(S(=O)(=O)Cl)ccc2Br)C1. The molecule has 1 aromatic carbocycles. The predicted molar refractivity (Wildman–Crippen MR) is 86.1 cm³/mol. The molecule has 0 aliphatic carbocycles. The van der Waals surface area contributed by atoms with Crippen molar-refractivity contribution in [3.8, 4) is 0 Å². The zero-order valence-electron chi connectivity index (χ0n) is 11.9. The van der Waals surface area contributed by atoms with Crippen LogP contribution in [0.25, 0.3) is 0 Å². The van der Waals surface area contributed by atoms with Gasteiger partial charge in [0.25, 0.3) is 15.0 Å². The normalized spacial score (nSPS) is 18.6. The summed E-state index contributed by atoms with van der Waals surface area (Å²) in [4.78, 5) is 14.4. The molecular weight excluding hydrogens is 378 g/mol. The van der Waals surface area contributed by atoms with Crippen LogP contribution in [0.4, 0.5) is 0 Å². The molecule has 0 atom stereocenters. The van der Waals surface area contributed by atoms with Crippen molar-refractivity contribution in [1.29, 1.82) is 0 Å². The van der Waals surface area contributed by atoms with Crippen molar-refractivity contribution in [3.63, 3.8) is 0 Å². The molecule has 1 aliphatic heterocycles. The minimum Gasteiger partial charge on any atom is -0.338 e. The summed E-state index contributed by atoms with van der Waals surface area (Å²) in [5.74, 6) is -0.170. The van der Waals surface area contributed by atoms with Gasteiger partial charge in [-0.1, -0.05) is 13.8 Å². The Labute approximate surface area is 138 Å². The zero-order valence-corrected chi connectivity index (χ0v) is 15.1. The number of rotatable bonds is 2. The molecule has 1 aromatic rings. The van der Waals surface area contributed by atoms with E-state index in [-0.39, 0.29) is 16.2 Å². The Morgan fingerprint density at radius 1 is 1.38 bits per heavy atom. The van der Waals surface area contributed by atoms with Crippen LogP contribution in [0.3, 0.4) is 0 Å². The molecule has 7 heteroatoms. The van der Waals surface area contributed by atoms with Crippen LogP contribution in [0.5, 0.6) is 0 Å². The quantitative estimate of drug-likeness (QED) is 0.720. The minimum absolute atomic E-state index is 0.0630. The smallest absolute Gasteiger partial charge is 0.261 e. The second kappa shape index (κ2) is 5.89. The molecule has 21 heavy (non-hydrogen) atoms. The van der Waals surface area contributed by atoms with E-state index in [2.05, 4.69) is 29.8 Å². The van der Waals surface area contributed by atoms with Crippen molar-refractivity contribution in [3.05, 3.63) is 28.2 Å². The van der Waals surface area contributed by atoms with Crippen LogP contribution < -0.4 is 0 Å². The third-order valence-corrected chi connectivity index (χ3v) is 5.68. The molecule has 1 fully saturated rings. The summed E-state index contributed by atoms with van der Waals surface area (Å²) < 4.78 is 23.4. The van der Waals surface area contributed by atoms with Gasteiger partial charge in [-0.25, -0.2) is 8.42 Å². The van der Waals surface area contributed by atoms with Gasteiger partial charge in [-0.2, -0.15) is 0 Å². The highest BCUT2D eigenvalue weighted by Crippen LogP contribution is 2.31. The van der Waals surface area contributed by atoms with Gasteiger partial charge in [0.2, 0.25) is 0 Å². The number of carbonyl (C=O) groups is 1. The Balaban J connectivity index is 2.35. The van der Waals surface area contributed by atoms with Gasteiger partial charge >= 0.3 is 0 Å². The van der Waals surface area contributed by atoms with E-state index in [4.69, 9.17) is 10.7 Å². The highest BCUT2D eigenvalue weighted by molar-refractivity contribution is 9.10. The first-order valence-corrected chi connectivity index (χ1v) is 9.74. The van der Waals surface area contributed by atoms with E-state index in [9.17, 15) is 13.2 Å². The monoisotopic (exact) mass is 393 g/mol. The molecule has 0 saturated carbocycles. The first-order valence-electron chi connectivity index (χ1n) is 6.64. The van der Waals surface area contributed by atoms with Crippen LogP contribution >= 0.6 is 26.6 Å². The molecule has 0 aromatic heterocycles. The predicted octanol–water partition coefficient (Wildman–Crippen LogP) is 3.64. The summed E-state index contributed by atoms with van der Waals surface area (Å²) >= 11 is 3.31. The maximum Gasteiger partial charge on any atom is 0.261 e. The molecule has 0 spiro atoms. The van der Waals surface area contributed by atoms with Crippen molar-refractivity contribution in [2.45, 2.75) is 31.6 Å². The van der Waals surface area contributed by atoms with Gasteiger partial charge in [-0.05, 0) is 52.4 Å². The lowest BCUT2D eigenvalue weighted by atomic mass is 9.84. The molecule has 0 bridgehead atoms. The number of hydrogen-bond donors (Lipinski definition) is 0. The van der Waals surface area contributed by atoms with Gasteiger partial charge in [-0.3, -0.25) is 4.79 Å². The maximum atomic E-state index is 12.6. The molecule has 116 valence electrons. The highest BCUT2D eigenvalue weighted by Gasteiger charge is 2.30. The van der Waals surface area contributed by atoms with Crippen LogP contribution in [0.1, 0.15) is 37.0 Å². The van der Waals surface area contributed by atoms with Gasteiger partial charge in [0.15, 0.2) is 0 Å². The Kier molecular flexibility index (Phi) is 4.71. The number of hydrogen-bond acceptors (Lipinski definition) is 3. The number of nitrogens with zero attached hydrogens (tertiary/aromatic N) is 1. The lowest BCUT2D eigenvalue weighted by molar-refractivity contribution is 0.0582. The average molecular weight is 395 g/mol. The fraction of sp³-hybridized carbons (Fsp3) is 0.500. The van der Waals surface area contributed by atoms with Crippen LogP contribution in [-0.2, 0) is 9.05 Å². The van der Waals surface area contributed by atoms with Crippen LogP contribution in [-0.4, -0.2) is 32.3 Å². The summed E-state index contributed by atoms with van der Waals surface area (Å²) in [7, 11) is 1.50. The van der Waals surface area contributed by atoms with Crippen molar-refractivity contribution in [2.24, 2.45) is 5.41 Å². The number of carbonyl (C=O) groups excluding carboxylic acids is 1. The number of amides is 1. The van der Waals surface area contributed by atoms with Gasteiger partial charge in [0.1, 0.15) is 0 Å². The van der Waals surface area contributed by atoms with Crippen molar-refractivity contribution < 1.29 is 13.2 Å². The zero-order chi connectivity index (χ0) is 15.8. The maximum absolute atomic E-state index is 12.6. The molecule has 0 radical (unpaired) electrons. The number of halogens is 2. The summed E-state index contributed by atoms with van der Waals surface area (Å²) in [6.07, 6.45) is 2.03. The fourth-order valence-electron chi connectivity index (χ4n) is 2.59. The Morgan fingerprint density at radius 2 is 2.05 bits per heavy atom. The lowest BCUT2D eigenvalue weighted by Gasteiger charge is -2.38. The molecule has 1 saturated heterocycles. The second-order valence-corrected chi connectivity index (χ2v) is 9.49. The number of benzene rings is 1. The van der Waals surface area contributed by atoms with Crippen molar-refractivity contribution >= 4 is 41.6 Å². The molecule has 1 aliphatic rings. The fourth-order valence-corrected chi connectivity index (χ4v) is 3.78. The van der Waals surface area contributed by atoms with Crippen molar-refractivity contribution in [2.75, 3.05) is 13.1 Å². The van der Waals surface area contributed by atoms with Crippen LogP contribution in [0, 0.1) is 5.41 Å². The third kappa shape index (κ3) is 3.99. The van der Waals surface area contributed by atoms with E-state index in [1.54, 1.807) is 4.90 Å². The highest BCUT2D eigenvalue weighted by atomic mass is 79.9. The van der Waals surface area contributed by atoms with Gasteiger partial charge in [-0.15, -0.1) is 0 Å². The van der Waals surface area contributed by atoms with Gasteiger partial charge in [0.05, 0.1) is 10.5 Å². The molecule has 0 unspecified atom stereocenters. The molecule has 1 amide bonds. The Morgan fingerprint density at radius 3 is 2.62 bits per heavy atom. The van der Waals surface area contributed by atoms with E-state index in [0.717, 1.165) is 12.8 Å². The summed E-state index contributed by atoms with van der Waals surface area (Å²) in [5.41, 5.74) is 0.408. The van der Waals surface area contributed by atoms with Crippen LogP contribution in [0.15, 0.2) is 27.6 Å². The molecule has 1 heterocycles. The molecule has 0 N–H and O–H groups in total. The number of likely N-dealkylation sites (tertiary alicyclic amines) is 1. The lowest BCUT2D eigenvalue weighted by Crippen LogP contribution is -2.43. The van der Waals surface area contributed by atoms with E-state index in [0.29, 0.717) is 23.1 Å². The summed E-state index contributed by atoms with van der Waals surface area (Å²) in [5, 5.41) is 0. The first-order chi connectivity index (χ1) is 9.60. The standard InChI is InChI=1S/C14H17BrClNO3S/c1-14(2)6-3-7-17(9-14)13(18)11-8-10(21(16,19)20)4-5-12(11)15/h4-5,8H,3,6-7,9H2,1-2H3. The Bertz CT molecular complexity index is 673. The summed E-state index contributed by atoms with van der Waals surface area (Å²) in [6.45, 7) is 5.60. The largest absolute Gasteiger partial charge is 0.338 e. The van der Waals surface area contributed by atoms with E-state index >= 15 is 0 Å².